The third-order valence-corrected chi connectivity index (χ3v) is 4.38. The van der Waals surface area contributed by atoms with Crippen LogP contribution in [0.1, 0.15) is 24.2 Å². The molecule has 0 radical (unpaired) electrons. The zero-order chi connectivity index (χ0) is 19.1. The van der Waals surface area contributed by atoms with Crippen molar-refractivity contribution in [2.75, 3.05) is 39.4 Å². The molecule has 0 aromatic heterocycles. The van der Waals surface area contributed by atoms with Gasteiger partial charge in [-0.25, -0.2) is 8.78 Å². The highest BCUT2D eigenvalue weighted by Crippen LogP contribution is 2.12. The Morgan fingerprint density at radius 1 is 1.19 bits per heavy atom. The molecule has 1 aliphatic rings. The van der Waals surface area contributed by atoms with E-state index >= 15 is 0 Å². The van der Waals surface area contributed by atoms with Crippen molar-refractivity contribution >= 4 is 11.8 Å². The van der Waals surface area contributed by atoms with E-state index in [1.807, 2.05) is 0 Å². The first-order valence-electron chi connectivity index (χ1n) is 8.70. The van der Waals surface area contributed by atoms with Crippen molar-refractivity contribution in [2.45, 2.75) is 19.9 Å². The molecule has 0 saturated carbocycles. The van der Waals surface area contributed by atoms with Crippen LogP contribution in [0.4, 0.5) is 8.78 Å². The molecule has 8 heteroatoms. The Morgan fingerprint density at radius 2 is 1.88 bits per heavy atom. The van der Waals surface area contributed by atoms with E-state index in [2.05, 4.69) is 29.4 Å². The van der Waals surface area contributed by atoms with Crippen molar-refractivity contribution in [2.24, 2.45) is 5.92 Å². The third-order valence-electron chi connectivity index (χ3n) is 4.38. The van der Waals surface area contributed by atoms with Crippen molar-refractivity contribution in [3.63, 3.8) is 0 Å². The molecule has 1 aliphatic heterocycles. The van der Waals surface area contributed by atoms with Gasteiger partial charge in [0.2, 0.25) is 5.91 Å². The number of carbonyl (C=O) groups is 2. The summed E-state index contributed by atoms with van der Waals surface area (Å²) in [6, 6.07) is 2.84. The molecule has 6 nitrogen and oxygen atoms in total. The van der Waals surface area contributed by atoms with Crippen molar-refractivity contribution in [1.29, 1.82) is 0 Å². The first-order valence-corrected chi connectivity index (χ1v) is 8.70. The largest absolute Gasteiger partial charge is 0.379 e. The second-order valence-electron chi connectivity index (χ2n) is 6.57. The minimum atomic E-state index is -0.963. The fourth-order valence-electron chi connectivity index (χ4n) is 2.91. The summed E-state index contributed by atoms with van der Waals surface area (Å²) in [6.45, 7) is 7.35. The molecule has 1 unspecified atom stereocenters. The Kier molecular flexibility index (Phi) is 7.47. The van der Waals surface area contributed by atoms with E-state index in [9.17, 15) is 18.4 Å². The number of nitrogens with zero attached hydrogens (tertiary/aromatic N) is 1. The number of amides is 2. The lowest BCUT2D eigenvalue weighted by atomic mass is 10.0. The van der Waals surface area contributed by atoms with E-state index in [0.29, 0.717) is 31.7 Å². The smallest absolute Gasteiger partial charge is 0.254 e. The number of nitrogens with one attached hydrogen (secondary N) is 2. The second kappa shape index (κ2) is 9.59. The van der Waals surface area contributed by atoms with Gasteiger partial charge in [-0.2, -0.15) is 0 Å². The van der Waals surface area contributed by atoms with Crippen LogP contribution in [0.15, 0.2) is 18.2 Å². The number of benzene rings is 1. The van der Waals surface area contributed by atoms with Gasteiger partial charge in [0.15, 0.2) is 0 Å². The summed E-state index contributed by atoms with van der Waals surface area (Å²) in [5.41, 5.74) is -0.299. The number of hydrogen-bond acceptors (Lipinski definition) is 4. The zero-order valence-electron chi connectivity index (χ0n) is 15.1. The van der Waals surface area contributed by atoms with E-state index in [0.717, 1.165) is 25.2 Å². The number of rotatable bonds is 7. The van der Waals surface area contributed by atoms with Crippen LogP contribution in [0.3, 0.4) is 0 Å². The summed E-state index contributed by atoms with van der Waals surface area (Å²) in [5, 5.41) is 5.15. The van der Waals surface area contributed by atoms with Gasteiger partial charge in [-0.1, -0.05) is 13.8 Å². The molecule has 26 heavy (non-hydrogen) atoms. The normalized spacial score (nSPS) is 16.3. The maximum absolute atomic E-state index is 13.6. The molecule has 0 aliphatic carbocycles. The third kappa shape index (κ3) is 5.74. The molecule has 0 bridgehead atoms. The maximum atomic E-state index is 13.6. The predicted octanol–water partition coefficient (Wildman–Crippen LogP) is 1.17. The monoisotopic (exact) mass is 369 g/mol. The maximum Gasteiger partial charge on any atom is 0.254 e. The number of hydrogen-bond donors (Lipinski definition) is 2. The fraction of sp³-hybridized carbons (Fsp3) is 0.556. The van der Waals surface area contributed by atoms with E-state index in [1.54, 1.807) is 0 Å². The molecule has 2 amide bonds. The van der Waals surface area contributed by atoms with E-state index in [-0.39, 0.29) is 24.1 Å². The van der Waals surface area contributed by atoms with Gasteiger partial charge in [0.1, 0.15) is 11.6 Å². The van der Waals surface area contributed by atoms with Gasteiger partial charge in [-0.05, 0) is 18.1 Å². The highest BCUT2D eigenvalue weighted by Gasteiger charge is 2.24. The van der Waals surface area contributed by atoms with Crippen molar-refractivity contribution in [3.8, 4) is 0 Å². The van der Waals surface area contributed by atoms with Crippen molar-refractivity contribution in [1.82, 2.24) is 15.5 Å². The lowest BCUT2D eigenvalue weighted by Gasteiger charge is -2.36. The summed E-state index contributed by atoms with van der Waals surface area (Å²) in [5.74, 6) is -2.50. The number of carbonyl (C=O) groups excluding carboxylic acids is 2. The average molecular weight is 369 g/mol. The summed E-state index contributed by atoms with van der Waals surface area (Å²) in [6.07, 6.45) is 0. The lowest BCUT2D eigenvalue weighted by molar-refractivity contribution is -0.120. The Bertz CT molecular complexity index is 634. The first-order chi connectivity index (χ1) is 12.4. The van der Waals surface area contributed by atoms with Crippen molar-refractivity contribution < 1.29 is 23.1 Å². The number of halogens is 2. The highest BCUT2D eigenvalue weighted by molar-refractivity contribution is 5.96. The molecule has 0 spiro atoms. The summed E-state index contributed by atoms with van der Waals surface area (Å²) in [4.78, 5) is 26.2. The van der Waals surface area contributed by atoms with E-state index in [4.69, 9.17) is 4.74 Å². The van der Waals surface area contributed by atoms with Gasteiger partial charge in [-0.3, -0.25) is 14.5 Å². The molecular weight excluding hydrogens is 344 g/mol. The molecule has 1 heterocycles. The Labute approximate surface area is 151 Å². The highest BCUT2D eigenvalue weighted by atomic mass is 19.1. The topological polar surface area (TPSA) is 70.7 Å². The SMILES string of the molecule is CC(C)C(CNC(=O)CNC(=O)c1ccc(F)cc1F)N1CCOCC1. The molecule has 1 aromatic carbocycles. The molecular formula is C18H25F2N3O3. The van der Waals surface area contributed by atoms with Gasteiger partial charge < -0.3 is 15.4 Å². The van der Waals surface area contributed by atoms with Crippen LogP contribution in [0, 0.1) is 17.6 Å². The average Bonchev–Trinajstić information content (AvgIpc) is 2.60. The standard InChI is InChI=1S/C18H25F2N3O3/c1-12(2)16(23-5-7-26-8-6-23)10-21-17(24)11-22-18(25)14-4-3-13(19)9-15(14)20/h3-4,9,12,16H,5-8,10-11H2,1-2H3,(H,21,24)(H,22,25). The molecule has 144 valence electrons. The van der Waals surface area contributed by atoms with Crippen LogP contribution in [-0.4, -0.2) is 62.1 Å². The van der Waals surface area contributed by atoms with Crippen molar-refractivity contribution in [3.05, 3.63) is 35.4 Å². The molecule has 1 fully saturated rings. The van der Waals surface area contributed by atoms with E-state index < -0.39 is 17.5 Å². The molecule has 1 atom stereocenters. The Balaban J connectivity index is 1.80. The lowest BCUT2D eigenvalue weighted by Crippen LogP contribution is -2.52. The molecule has 2 N–H and O–H groups in total. The summed E-state index contributed by atoms with van der Waals surface area (Å²) < 4.78 is 31.8. The summed E-state index contributed by atoms with van der Waals surface area (Å²) >= 11 is 0. The minimum absolute atomic E-state index is 0.174. The van der Waals surface area contributed by atoms with Crippen LogP contribution < -0.4 is 10.6 Å². The quantitative estimate of drug-likeness (QED) is 0.757. The van der Waals surface area contributed by atoms with Crippen LogP contribution in [0.25, 0.3) is 0 Å². The zero-order valence-corrected chi connectivity index (χ0v) is 15.1. The number of morpholine rings is 1. The van der Waals surface area contributed by atoms with Crippen LogP contribution in [-0.2, 0) is 9.53 Å². The Hall–Kier alpha value is -2.06. The van der Waals surface area contributed by atoms with Crippen LogP contribution in [0.5, 0.6) is 0 Å². The second-order valence-corrected chi connectivity index (χ2v) is 6.57. The van der Waals surface area contributed by atoms with Gasteiger partial charge in [0.25, 0.3) is 5.91 Å². The summed E-state index contributed by atoms with van der Waals surface area (Å²) in [7, 11) is 0. The van der Waals surface area contributed by atoms with E-state index in [1.165, 1.54) is 0 Å². The van der Waals surface area contributed by atoms with Gasteiger partial charge >= 0.3 is 0 Å². The fourth-order valence-corrected chi connectivity index (χ4v) is 2.91. The van der Waals surface area contributed by atoms with Crippen LogP contribution in [0.2, 0.25) is 0 Å². The van der Waals surface area contributed by atoms with Gasteiger partial charge in [0.05, 0.1) is 25.3 Å². The molecule has 2 rings (SSSR count). The number of ether oxygens (including phenoxy) is 1. The Morgan fingerprint density at radius 3 is 2.50 bits per heavy atom. The van der Waals surface area contributed by atoms with Gasteiger partial charge in [0, 0.05) is 31.7 Å². The van der Waals surface area contributed by atoms with Gasteiger partial charge in [-0.15, -0.1) is 0 Å². The molecule has 1 saturated heterocycles. The predicted molar refractivity (Wildman–Crippen MR) is 92.7 cm³/mol. The minimum Gasteiger partial charge on any atom is -0.379 e. The first kappa shape index (κ1) is 20.3. The van der Waals surface area contributed by atoms with Crippen LogP contribution >= 0.6 is 0 Å². The molecule has 1 aromatic rings.